The molecule has 4 aromatic rings. The maximum Gasteiger partial charge on any atom is 0.285 e. The molecule has 0 aliphatic carbocycles. The minimum Gasteiger partial charge on any atom is -0.275 e. The third-order valence-corrected chi connectivity index (χ3v) is 3.69. The van der Waals surface area contributed by atoms with Gasteiger partial charge in [-0.05, 0) is 31.3 Å². The highest BCUT2D eigenvalue weighted by molar-refractivity contribution is 7.71. The molecule has 0 saturated heterocycles. The van der Waals surface area contributed by atoms with Crippen LogP contribution < -0.4 is 5.56 Å². The third kappa shape index (κ3) is 2.09. The Morgan fingerprint density at radius 2 is 2.00 bits per heavy atom. The van der Waals surface area contributed by atoms with Crippen molar-refractivity contribution in [3.05, 3.63) is 57.5 Å². The third-order valence-electron chi connectivity index (χ3n) is 3.41. The Kier molecular flexibility index (Phi) is 2.95. The molecule has 0 aliphatic heterocycles. The standard InChI is InChI=1S/C14H11N7OS/c1-8-16-13-15-7-10(12(22)21(13)19-8)11-17-18-14(23)20(11)9-5-3-2-4-6-9/h2-7H,1H3,(H,18,23)(H,15,16,19). The minimum atomic E-state index is -0.290. The lowest BCUT2D eigenvalue weighted by atomic mass is 10.2. The van der Waals surface area contributed by atoms with Crippen LogP contribution in [-0.4, -0.2) is 34.3 Å². The SMILES string of the molecule is Cc1nc2ncc(-c3n[nH]c(=S)n3-c3ccccc3)c(=O)n2[nH]1. The molecule has 23 heavy (non-hydrogen) atoms. The predicted molar refractivity (Wildman–Crippen MR) is 86.1 cm³/mol. The van der Waals surface area contributed by atoms with Crippen molar-refractivity contribution in [2.75, 3.05) is 0 Å². The summed E-state index contributed by atoms with van der Waals surface area (Å²) in [5.74, 6) is 1.32. The predicted octanol–water partition coefficient (Wildman–Crippen LogP) is 1.64. The van der Waals surface area contributed by atoms with Crippen LogP contribution in [0.3, 0.4) is 0 Å². The summed E-state index contributed by atoms with van der Waals surface area (Å²) in [5, 5.41) is 9.78. The second-order valence-corrected chi connectivity index (χ2v) is 5.33. The molecule has 1 aromatic carbocycles. The van der Waals surface area contributed by atoms with Crippen LogP contribution in [0.2, 0.25) is 0 Å². The Morgan fingerprint density at radius 1 is 1.22 bits per heavy atom. The molecule has 3 heterocycles. The summed E-state index contributed by atoms with van der Waals surface area (Å²) < 4.78 is 3.39. The minimum absolute atomic E-state index is 0.290. The smallest absolute Gasteiger partial charge is 0.275 e. The van der Waals surface area contributed by atoms with Gasteiger partial charge in [-0.2, -0.15) is 14.6 Å². The quantitative estimate of drug-likeness (QED) is 0.546. The van der Waals surface area contributed by atoms with E-state index < -0.39 is 0 Å². The Balaban J connectivity index is 2.02. The number of aromatic nitrogens is 7. The number of para-hydroxylation sites is 1. The molecule has 2 N–H and O–H groups in total. The zero-order valence-corrected chi connectivity index (χ0v) is 12.8. The highest BCUT2D eigenvalue weighted by atomic mass is 32.1. The van der Waals surface area contributed by atoms with Gasteiger partial charge < -0.3 is 0 Å². The summed E-state index contributed by atoms with van der Waals surface area (Å²) in [7, 11) is 0. The van der Waals surface area contributed by atoms with E-state index in [1.807, 2.05) is 30.3 Å². The number of nitrogens with one attached hydrogen (secondary N) is 2. The van der Waals surface area contributed by atoms with E-state index in [1.54, 1.807) is 11.5 Å². The lowest BCUT2D eigenvalue weighted by Crippen LogP contribution is -2.18. The second-order valence-electron chi connectivity index (χ2n) is 4.94. The van der Waals surface area contributed by atoms with Crippen molar-refractivity contribution in [2.24, 2.45) is 0 Å². The molecule has 3 aromatic heterocycles. The van der Waals surface area contributed by atoms with Crippen LogP contribution in [-0.2, 0) is 0 Å². The first-order chi connectivity index (χ1) is 11.1. The van der Waals surface area contributed by atoms with E-state index in [9.17, 15) is 4.79 Å². The van der Waals surface area contributed by atoms with Gasteiger partial charge in [0.2, 0.25) is 0 Å². The van der Waals surface area contributed by atoms with Gasteiger partial charge in [0.1, 0.15) is 11.4 Å². The lowest BCUT2D eigenvalue weighted by Gasteiger charge is -2.05. The zero-order valence-electron chi connectivity index (χ0n) is 12.0. The Bertz CT molecular complexity index is 1120. The largest absolute Gasteiger partial charge is 0.285 e. The number of fused-ring (bicyclic) bond motifs is 1. The fraction of sp³-hybridized carbons (Fsp3) is 0.0714. The molecule has 8 nitrogen and oxygen atoms in total. The Hall–Kier alpha value is -3.07. The Morgan fingerprint density at radius 3 is 2.78 bits per heavy atom. The highest BCUT2D eigenvalue weighted by Crippen LogP contribution is 2.18. The molecular formula is C14H11N7OS. The average Bonchev–Trinajstić information content (AvgIpc) is 3.11. The molecule has 0 saturated carbocycles. The molecule has 0 fully saturated rings. The number of benzene rings is 1. The molecule has 0 spiro atoms. The molecule has 0 aliphatic rings. The summed E-state index contributed by atoms with van der Waals surface area (Å²) in [6.07, 6.45) is 1.46. The van der Waals surface area contributed by atoms with E-state index in [0.717, 1.165) is 5.69 Å². The molecule has 0 bridgehead atoms. The fourth-order valence-electron chi connectivity index (χ4n) is 2.41. The fourth-order valence-corrected chi connectivity index (χ4v) is 2.65. The van der Waals surface area contributed by atoms with E-state index in [4.69, 9.17) is 12.2 Å². The van der Waals surface area contributed by atoms with E-state index in [2.05, 4.69) is 25.3 Å². The van der Waals surface area contributed by atoms with Gasteiger partial charge in [0.15, 0.2) is 10.6 Å². The zero-order chi connectivity index (χ0) is 16.0. The van der Waals surface area contributed by atoms with Crippen molar-refractivity contribution >= 4 is 18.0 Å². The first kappa shape index (κ1) is 13.6. The maximum atomic E-state index is 12.7. The number of aromatic amines is 2. The summed E-state index contributed by atoms with van der Waals surface area (Å²) in [6, 6.07) is 9.46. The van der Waals surface area contributed by atoms with Gasteiger partial charge in [0.25, 0.3) is 11.3 Å². The molecule has 0 amide bonds. The van der Waals surface area contributed by atoms with Crippen molar-refractivity contribution in [3.63, 3.8) is 0 Å². The number of aryl methyl sites for hydroxylation is 1. The maximum absolute atomic E-state index is 12.7. The normalized spacial score (nSPS) is 11.2. The molecule has 9 heteroatoms. The number of nitrogens with zero attached hydrogens (tertiary/aromatic N) is 5. The first-order valence-corrected chi connectivity index (χ1v) is 7.23. The van der Waals surface area contributed by atoms with Crippen molar-refractivity contribution in [2.45, 2.75) is 6.92 Å². The van der Waals surface area contributed by atoms with Crippen LogP contribution in [0.5, 0.6) is 0 Å². The Labute approximate surface area is 134 Å². The van der Waals surface area contributed by atoms with Crippen LogP contribution in [0.4, 0.5) is 0 Å². The monoisotopic (exact) mass is 325 g/mol. The van der Waals surface area contributed by atoms with Crippen molar-refractivity contribution in [3.8, 4) is 17.1 Å². The van der Waals surface area contributed by atoms with Gasteiger partial charge in [-0.15, -0.1) is 0 Å². The van der Waals surface area contributed by atoms with Crippen molar-refractivity contribution in [1.29, 1.82) is 0 Å². The number of rotatable bonds is 2. The molecule has 114 valence electrons. The van der Waals surface area contributed by atoms with Gasteiger partial charge >= 0.3 is 0 Å². The van der Waals surface area contributed by atoms with Gasteiger partial charge in [-0.25, -0.2) is 4.98 Å². The lowest BCUT2D eigenvalue weighted by molar-refractivity contribution is 0.877. The van der Waals surface area contributed by atoms with Crippen LogP contribution in [0.15, 0.2) is 41.3 Å². The summed E-state index contributed by atoms with van der Waals surface area (Å²) in [4.78, 5) is 21.0. The first-order valence-electron chi connectivity index (χ1n) is 6.83. The second kappa shape index (κ2) is 4.99. The summed E-state index contributed by atoms with van der Waals surface area (Å²) >= 11 is 5.29. The molecular weight excluding hydrogens is 314 g/mol. The molecule has 4 rings (SSSR count). The van der Waals surface area contributed by atoms with E-state index in [1.165, 1.54) is 10.7 Å². The van der Waals surface area contributed by atoms with Crippen LogP contribution in [0.1, 0.15) is 5.82 Å². The van der Waals surface area contributed by atoms with Gasteiger partial charge in [-0.1, -0.05) is 18.2 Å². The van der Waals surface area contributed by atoms with Crippen LogP contribution >= 0.6 is 12.2 Å². The van der Waals surface area contributed by atoms with E-state index in [0.29, 0.717) is 27.8 Å². The highest BCUT2D eigenvalue weighted by Gasteiger charge is 2.17. The number of hydrogen-bond acceptors (Lipinski definition) is 5. The molecule has 0 radical (unpaired) electrons. The van der Waals surface area contributed by atoms with E-state index >= 15 is 0 Å². The summed E-state index contributed by atoms with van der Waals surface area (Å²) in [6.45, 7) is 1.76. The number of hydrogen-bond donors (Lipinski definition) is 2. The van der Waals surface area contributed by atoms with Crippen LogP contribution in [0.25, 0.3) is 22.9 Å². The van der Waals surface area contributed by atoms with Gasteiger partial charge in [0.05, 0.1) is 0 Å². The summed E-state index contributed by atoms with van der Waals surface area (Å²) in [5.41, 5.74) is 0.843. The number of H-pyrrole nitrogens is 2. The average molecular weight is 325 g/mol. The van der Waals surface area contributed by atoms with Crippen LogP contribution in [0, 0.1) is 11.7 Å². The van der Waals surface area contributed by atoms with Gasteiger partial charge in [-0.3, -0.25) is 19.6 Å². The molecule has 0 unspecified atom stereocenters. The van der Waals surface area contributed by atoms with Gasteiger partial charge in [0, 0.05) is 11.9 Å². The van der Waals surface area contributed by atoms with Crippen molar-refractivity contribution in [1.82, 2.24) is 34.3 Å². The van der Waals surface area contributed by atoms with E-state index in [-0.39, 0.29) is 5.56 Å². The topological polar surface area (TPSA) is 96.7 Å². The van der Waals surface area contributed by atoms with Crippen molar-refractivity contribution < 1.29 is 0 Å². The molecule has 0 atom stereocenters.